The van der Waals surface area contributed by atoms with Gasteiger partial charge in [-0.3, -0.25) is 9.69 Å². The van der Waals surface area contributed by atoms with E-state index in [1.807, 2.05) is 54.4 Å². The fourth-order valence-electron chi connectivity index (χ4n) is 2.83. The van der Waals surface area contributed by atoms with Crippen molar-refractivity contribution in [3.8, 4) is 5.75 Å². The van der Waals surface area contributed by atoms with E-state index in [2.05, 4.69) is 10.5 Å². The minimum Gasteiger partial charge on any atom is -0.492 e. The second kappa shape index (κ2) is 9.39. The highest BCUT2D eigenvalue weighted by molar-refractivity contribution is 6.30. The van der Waals surface area contributed by atoms with E-state index in [-0.39, 0.29) is 5.91 Å². The molecule has 1 atom stereocenters. The fourth-order valence-corrected chi connectivity index (χ4v) is 2.95. The normalized spacial score (nSPS) is 12.0. The summed E-state index contributed by atoms with van der Waals surface area (Å²) in [6, 6.07) is 18.0. The van der Waals surface area contributed by atoms with Crippen molar-refractivity contribution in [1.29, 1.82) is 0 Å². The molecule has 0 saturated carbocycles. The van der Waals surface area contributed by atoms with Gasteiger partial charge in [-0.1, -0.05) is 47.1 Å². The molecule has 3 aromatic rings. The Kier molecular flexibility index (Phi) is 6.68. The summed E-state index contributed by atoms with van der Waals surface area (Å²) in [6.45, 7) is 2.75. The zero-order valence-corrected chi connectivity index (χ0v) is 16.5. The zero-order valence-electron chi connectivity index (χ0n) is 15.8. The SMILES string of the molecule is Cc1cc(NC(=O)C(c2ccccc2)N(C)CCOc2ccc(Cl)cc2)no1. The molecule has 28 heavy (non-hydrogen) atoms. The van der Waals surface area contributed by atoms with Crippen LogP contribution < -0.4 is 10.1 Å². The van der Waals surface area contributed by atoms with E-state index in [0.717, 1.165) is 11.3 Å². The minimum absolute atomic E-state index is 0.187. The maximum absolute atomic E-state index is 12.9. The number of carbonyl (C=O) groups excluding carboxylic acids is 1. The summed E-state index contributed by atoms with van der Waals surface area (Å²) in [5.74, 6) is 1.58. The van der Waals surface area contributed by atoms with E-state index in [4.69, 9.17) is 20.9 Å². The summed E-state index contributed by atoms with van der Waals surface area (Å²) in [6.07, 6.45) is 0. The Bertz CT molecular complexity index is 897. The molecule has 1 aromatic heterocycles. The third kappa shape index (κ3) is 5.34. The first-order chi connectivity index (χ1) is 13.5. The number of likely N-dealkylation sites (N-methyl/N-ethyl adjacent to an activating group) is 1. The van der Waals surface area contributed by atoms with Crippen LogP contribution in [0.5, 0.6) is 5.75 Å². The molecule has 1 unspecified atom stereocenters. The first kappa shape index (κ1) is 19.9. The van der Waals surface area contributed by atoms with Gasteiger partial charge in [-0.15, -0.1) is 0 Å². The lowest BCUT2D eigenvalue weighted by Crippen LogP contribution is -2.37. The number of nitrogens with one attached hydrogen (secondary N) is 1. The summed E-state index contributed by atoms with van der Waals surface area (Å²) in [4.78, 5) is 14.9. The molecule has 3 rings (SSSR count). The van der Waals surface area contributed by atoms with Crippen molar-refractivity contribution in [1.82, 2.24) is 10.1 Å². The topological polar surface area (TPSA) is 67.6 Å². The molecule has 7 heteroatoms. The lowest BCUT2D eigenvalue weighted by molar-refractivity contribution is -0.121. The van der Waals surface area contributed by atoms with Gasteiger partial charge in [0.1, 0.15) is 24.2 Å². The summed E-state index contributed by atoms with van der Waals surface area (Å²) in [5, 5.41) is 7.32. The van der Waals surface area contributed by atoms with E-state index in [9.17, 15) is 4.79 Å². The molecule has 0 radical (unpaired) electrons. The number of amides is 1. The lowest BCUT2D eigenvalue weighted by Gasteiger charge is -2.27. The highest BCUT2D eigenvalue weighted by Gasteiger charge is 2.26. The van der Waals surface area contributed by atoms with Gasteiger partial charge >= 0.3 is 0 Å². The molecule has 0 bridgehead atoms. The van der Waals surface area contributed by atoms with Crippen LogP contribution in [0.3, 0.4) is 0 Å². The van der Waals surface area contributed by atoms with Crippen LogP contribution in [0.25, 0.3) is 0 Å². The predicted molar refractivity (Wildman–Crippen MR) is 109 cm³/mol. The van der Waals surface area contributed by atoms with Crippen molar-refractivity contribution in [2.45, 2.75) is 13.0 Å². The van der Waals surface area contributed by atoms with Gasteiger partial charge in [0.2, 0.25) is 5.91 Å². The van der Waals surface area contributed by atoms with Crippen LogP contribution in [0, 0.1) is 6.92 Å². The molecular formula is C21H22ClN3O3. The highest BCUT2D eigenvalue weighted by atomic mass is 35.5. The number of halogens is 1. The molecule has 6 nitrogen and oxygen atoms in total. The molecule has 0 spiro atoms. The number of hydrogen-bond donors (Lipinski definition) is 1. The van der Waals surface area contributed by atoms with Gasteiger partial charge in [-0.2, -0.15) is 0 Å². The maximum Gasteiger partial charge on any atom is 0.247 e. The number of benzene rings is 2. The van der Waals surface area contributed by atoms with Gasteiger partial charge in [0.05, 0.1) is 0 Å². The Labute approximate surface area is 169 Å². The van der Waals surface area contributed by atoms with E-state index in [0.29, 0.717) is 29.8 Å². The van der Waals surface area contributed by atoms with Crippen molar-refractivity contribution in [3.05, 3.63) is 77.0 Å². The number of aromatic nitrogens is 1. The number of carbonyl (C=O) groups is 1. The Balaban J connectivity index is 1.67. The lowest BCUT2D eigenvalue weighted by atomic mass is 10.0. The maximum atomic E-state index is 12.9. The number of nitrogens with zero attached hydrogens (tertiary/aromatic N) is 2. The van der Waals surface area contributed by atoms with Crippen molar-refractivity contribution >= 4 is 23.3 Å². The average Bonchev–Trinajstić information content (AvgIpc) is 3.09. The van der Waals surface area contributed by atoms with Gasteiger partial charge < -0.3 is 14.6 Å². The summed E-state index contributed by atoms with van der Waals surface area (Å²) < 4.78 is 10.8. The third-order valence-electron chi connectivity index (χ3n) is 4.21. The van der Waals surface area contributed by atoms with Crippen molar-refractivity contribution < 1.29 is 14.1 Å². The average molecular weight is 400 g/mol. The molecule has 0 aliphatic carbocycles. The second-order valence-electron chi connectivity index (χ2n) is 6.41. The summed E-state index contributed by atoms with van der Waals surface area (Å²) in [5.41, 5.74) is 0.884. The molecule has 0 saturated heterocycles. The number of rotatable bonds is 8. The Morgan fingerprint density at radius 2 is 1.93 bits per heavy atom. The number of ether oxygens (including phenoxy) is 1. The summed E-state index contributed by atoms with van der Waals surface area (Å²) in [7, 11) is 1.89. The van der Waals surface area contributed by atoms with E-state index in [1.165, 1.54) is 0 Å². The second-order valence-corrected chi connectivity index (χ2v) is 6.84. The predicted octanol–water partition coefficient (Wildman–Crippen LogP) is 4.33. The van der Waals surface area contributed by atoms with Gasteiger partial charge in [-0.05, 0) is 43.8 Å². The fraction of sp³-hybridized carbons (Fsp3) is 0.238. The first-order valence-corrected chi connectivity index (χ1v) is 9.28. The standard InChI is InChI=1S/C21H22ClN3O3/c1-15-14-19(24-28-15)23-21(26)20(16-6-4-3-5-7-16)25(2)12-13-27-18-10-8-17(22)9-11-18/h3-11,14,20H,12-13H2,1-2H3,(H,23,24,26). The molecule has 0 fully saturated rings. The van der Waals surface area contributed by atoms with Gasteiger partial charge in [0, 0.05) is 17.6 Å². The van der Waals surface area contributed by atoms with Crippen LogP contribution in [0.4, 0.5) is 5.82 Å². The Hall–Kier alpha value is -2.83. The van der Waals surface area contributed by atoms with Gasteiger partial charge in [-0.25, -0.2) is 0 Å². The van der Waals surface area contributed by atoms with Crippen LogP contribution in [-0.2, 0) is 4.79 Å². The third-order valence-corrected chi connectivity index (χ3v) is 4.46. The van der Waals surface area contributed by atoms with Crippen molar-refractivity contribution in [3.63, 3.8) is 0 Å². The summed E-state index contributed by atoms with van der Waals surface area (Å²) >= 11 is 5.89. The minimum atomic E-state index is -0.493. The van der Waals surface area contributed by atoms with Crippen molar-refractivity contribution in [2.75, 3.05) is 25.5 Å². The van der Waals surface area contributed by atoms with Crippen LogP contribution >= 0.6 is 11.6 Å². The molecule has 1 amide bonds. The molecule has 1 heterocycles. The smallest absolute Gasteiger partial charge is 0.247 e. The van der Waals surface area contributed by atoms with E-state index in [1.54, 1.807) is 25.1 Å². The molecule has 0 aliphatic rings. The van der Waals surface area contributed by atoms with Gasteiger partial charge in [0.15, 0.2) is 5.82 Å². The largest absolute Gasteiger partial charge is 0.492 e. The molecule has 0 aliphatic heterocycles. The zero-order chi connectivity index (χ0) is 19.9. The quantitative estimate of drug-likeness (QED) is 0.610. The highest BCUT2D eigenvalue weighted by Crippen LogP contribution is 2.22. The van der Waals surface area contributed by atoms with Crippen LogP contribution in [0.15, 0.2) is 65.2 Å². The molecule has 2 aromatic carbocycles. The molecular weight excluding hydrogens is 378 g/mol. The van der Waals surface area contributed by atoms with Crippen LogP contribution in [0.2, 0.25) is 5.02 Å². The molecule has 1 N–H and O–H groups in total. The van der Waals surface area contributed by atoms with E-state index >= 15 is 0 Å². The number of hydrogen-bond acceptors (Lipinski definition) is 5. The van der Waals surface area contributed by atoms with Crippen LogP contribution in [0.1, 0.15) is 17.4 Å². The van der Waals surface area contributed by atoms with Crippen molar-refractivity contribution in [2.24, 2.45) is 0 Å². The Morgan fingerprint density at radius 3 is 2.57 bits per heavy atom. The number of anilines is 1. The number of aryl methyl sites for hydroxylation is 1. The monoisotopic (exact) mass is 399 g/mol. The molecule has 146 valence electrons. The van der Waals surface area contributed by atoms with E-state index < -0.39 is 6.04 Å². The first-order valence-electron chi connectivity index (χ1n) is 8.90. The van der Waals surface area contributed by atoms with Gasteiger partial charge in [0.25, 0.3) is 0 Å². The Morgan fingerprint density at radius 1 is 1.21 bits per heavy atom. The van der Waals surface area contributed by atoms with Crippen LogP contribution in [-0.4, -0.2) is 36.2 Å².